The Morgan fingerprint density at radius 2 is 1.95 bits per heavy atom. The second-order valence-electron chi connectivity index (χ2n) is 3.57. The van der Waals surface area contributed by atoms with E-state index in [-0.39, 0.29) is 13.0 Å². The first-order valence-corrected chi connectivity index (χ1v) is 5.87. The maximum Gasteiger partial charge on any atom is 0.407 e. The van der Waals surface area contributed by atoms with Crippen molar-refractivity contribution in [1.29, 1.82) is 0 Å². The van der Waals surface area contributed by atoms with Crippen LogP contribution in [-0.4, -0.2) is 25.0 Å². The molecule has 2 N–H and O–H groups in total. The number of carbonyl (C=O) groups is 2. The van der Waals surface area contributed by atoms with Gasteiger partial charge in [-0.25, -0.2) is 4.79 Å². The molecule has 1 atom stereocenters. The molecule has 0 aromatic heterocycles. The summed E-state index contributed by atoms with van der Waals surface area (Å²) >= 11 is 5.73. The highest BCUT2D eigenvalue weighted by atomic mass is 35.5. The zero-order valence-corrected chi connectivity index (χ0v) is 11.1. The topological polar surface area (TPSA) is 87.9 Å². The Balaban J connectivity index is 2.55. The third-order valence-electron chi connectivity index (χ3n) is 1.99. The summed E-state index contributed by atoms with van der Waals surface area (Å²) in [6, 6.07) is 6.49. The van der Waals surface area contributed by atoms with Gasteiger partial charge in [0.1, 0.15) is 5.75 Å². The van der Waals surface area contributed by atoms with Crippen molar-refractivity contribution in [3.63, 3.8) is 0 Å². The van der Waals surface area contributed by atoms with Gasteiger partial charge in [-0.2, -0.15) is 0 Å². The molecule has 0 fully saturated rings. The van der Waals surface area contributed by atoms with Crippen molar-refractivity contribution in [1.82, 2.24) is 0 Å². The van der Waals surface area contributed by atoms with Crippen LogP contribution in [0.25, 0.3) is 0 Å². The minimum atomic E-state index is -0.971. The van der Waals surface area contributed by atoms with Gasteiger partial charge in [0, 0.05) is 11.9 Å². The Kier molecular flexibility index (Phi) is 5.95. The second-order valence-corrected chi connectivity index (χ2v) is 4.00. The smallest absolute Gasteiger partial charge is 0.407 e. The van der Waals surface area contributed by atoms with Crippen molar-refractivity contribution >= 4 is 23.7 Å². The average Bonchev–Trinajstić information content (AvgIpc) is 2.30. The van der Waals surface area contributed by atoms with Crippen molar-refractivity contribution in [2.24, 2.45) is 5.73 Å². The summed E-state index contributed by atoms with van der Waals surface area (Å²) in [5.41, 5.74) is 4.93. The molecule has 0 bridgehead atoms. The van der Waals surface area contributed by atoms with E-state index < -0.39 is 18.4 Å². The molecule has 0 aliphatic heterocycles. The minimum absolute atomic E-state index is 0.0564. The van der Waals surface area contributed by atoms with Crippen LogP contribution >= 0.6 is 11.6 Å². The summed E-state index contributed by atoms with van der Waals surface area (Å²) in [6.07, 6.45) is -1.73. The molecule has 1 aromatic rings. The fraction of sp³-hybridized carbons (Fsp3) is 0.333. The Labute approximate surface area is 115 Å². The van der Waals surface area contributed by atoms with E-state index in [2.05, 4.69) is 0 Å². The highest BCUT2D eigenvalue weighted by Gasteiger charge is 2.15. The van der Waals surface area contributed by atoms with E-state index in [0.29, 0.717) is 10.8 Å². The quantitative estimate of drug-likeness (QED) is 0.639. The molecule has 1 rings (SSSR count). The molecular weight excluding hydrogens is 274 g/mol. The summed E-state index contributed by atoms with van der Waals surface area (Å²) in [7, 11) is 0. The average molecular weight is 288 g/mol. The fourth-order valence-electron chi connectivity index (χ4n) is 1.24. The summed E-state index contributed by atoms with van der Waals surface area (Å²) in [5.74, 6) is 0.0304. The van der Waals surface area contributed by atoms with Gasteiger partial charge >= 0.3 is 12.1 Å². The molecule has 7 heteroatoms. The molecule has 0 heterocycles. The summed E-state index contributed by atoms with van der Waals surface area (Å²) < 4.78 is 14.9. The van der Waals surface area contributed by atoms with E-state index in [1.54, 1.807) is 24.3 Å². The number of nitrogens with two attached hydrogens (primary N) is 1. The molecule has 19 heavy (non-hydrogen) atoms. The molecule has 0 saturated heterocycles. The number of halogens is 1. The van der Waals surface area contributed by atoms with Crippen molar-refractivity contribution < 1.29 is 23.8 Å². The lowest BCUT2D eigenvalue weighted by Crippen LogP contribution is -2.29. The number of benzene rings is 1. The molecule has 0 unspecified atom stereocenters. The van der Waals surface area contributed by atoms with Crippen LogP contribution in [0.1, 0.15) is 13.3 Å². The molecule has 104 valence electrons. The van der Waals surface area contributed by atoms with Gasteiger partial charge in [0.15, 0.2) is 0 Å². The van der Waals surface area contributed by atoms with Crippen LogP contribution in [0.3, 0.4) is 0 Å². The number of esters is 1. The van der Waals surface area contributed by atoms with Gasteiger partial charge in [-0.1, -0.05) is 11.6 Å². The van der Waals surface area contributed by atoms with Crippen LogP contribution < -0.4 is 10.5 Å². The van der Waals surface area contributed by atoms with Gasteiger partial charge < -0.3 is 19.9 Å². The van der Waals surface area contributed by atoms with E-state index in [9.17, 15) is 9.59 Å². The number of rotatable bonds is 6. The van der Waals surface area contributed by atoms with Crippen LogP contribution in [0.5, 0.6) is 5.75 Å². The minimum Gasteiger partial charge on any atom is -0.466 e. The van der Waals surface area contributed by atoms with Crippen LogP contribution in [0.2, 0.25) is 5.02 Å². The van der Waals surface area contributed by atoms with Crippen LogP contribution in [0.4, 0.5) is 4.79 Å². The van der Waals surface area contributed by atoms with E-state index >= 15 is 0 Å². The van der Waals surface area contributed by atoms with Gasteiger partial charge in [-0.3, -0.25) is 4.79 Å². The highest BCUT2D eigenvalue weighted by Crippen LogP contribution is 2.18. The maximum absolute atomic E-state index is 10.7. The monoisotopic (exact) mass is 287 g/mol. The molecule has 0 aliphatic carbocycles. The summed E-state index contributed by atoms with van der Waals surface area (Å²) in [5, 5.41) is 0.555. The van der Waals surface area contributed by atoms with E-state index in [1.165, 1.54) is 6.92 Å². The van der Waals surface area contributed by atoms with E-state index in [0.717, 1.165) is 0 Å². The van der Waals surface area contributed by atoms with Gasteiger partial charge in [0.2, 0.25) is 6.29 Å². The zero-order chi connectivity index (χ0) is 14.3. The molecule has 0 radical (unpaired) electrons. The van der Waals surface area contributed by atoms with Crippen LogP contribution in [0.15, 0.2) is 24.3 Å². The lowest BCUT2D eigenvalue weighted by atomic mass is 10.3. The Morgan fingerprint density at radius 1 is 1.32 bits per heavy atom. The number of primary amides is 1. The number of hydrogen-bond acceptors (Lipinski definition) is 5. The predicted octanol–water partition coefficient (Wildman–Crippen LogP) is 2.09. The van der Waals surface area contributed by atoms with Crippen LogP contribution in [0, 0.1) is 0 Å². The number of carbonyl (C=O) groups excluding carboxylic acids is 2. The Hall–Kier alpha value is -1.95. The fourth-order valence-corrected chi connectivity index (χ4v) is 1.36. The Bertz CT molecular complexity index is 434. The lowest BCUT2D eigenvalue weighted by molar-refractivity contribution is -0.142. The standard InChI is InChI=1S/C12H14ClNO5/c1-8(15)17-7-6-11(19-12(14)16)18-10-4-2-9(13)3-5-10/h2-5,11H,6-7H2,1H3,(H2,14,16)/t11-/m1/s1. The second kappa shape index (κ2) is 7.48. The Morgan fingerprint density at radius 3 is 2.47 bits per heavy atom. The van der Waals surface area contributed by atoms with Gasteiger partial charge in [0.05, 0.1) is 13.0 Å². The molecular formula is C12H14ClNO5. The largest absolute Gasteiger partial charge is 0.466 e. The van der Waals surface area contributed by atoms with Gasteiger partial charge in [-0.15, -0.1) is 0 Å². The third-order valence-corrected chi connectivity index (χ3v) is 2.24. The van der Waals surface area contributed by atoms with Gasteiger partial charge in [-0.05, 0) is 24.3 Å². The zero-order valence-electron chi connectivity index (χ0n) is 10.3. The van der Waals surface area contributed by atoms with Crippen molar-refractivity contribution in [3.8, 4) is 5.75 Å². The van der Waals surface area contributed by atoms with E-state index in [4.69, 9.17) is 31.5 Å². The van der Waals surface area contributed by atoms with Gasteiger partial charge in [0.25, 0.3) is 0 Å². The van der Waals surface area contributed by atoms with E-state index in [1.807, 2.05) is 0 Å². The molecule has 6 nitrogen and oxygen atoms in total. The SMILES string of the molecule is CC(=O)OCC[C@@H](OC(N)=O)Oc1ccc(Cl)cc1. The molecule has 0 saturated carbocycles. The molecule has 0 spiro atoms. The molecule has 0 aliphatic rings. The van der Waals surface area contributed by atoms with Crippen LogP contribution in [-0.2, 0) is 14.3 Å². The number of hydrogen-bond donors (Lipinski definition) is 1. The summed E-state index contributed by atoms with van der Waals surface area (Å²) in [6.45, 7) is 1.34. The number of ether oxygens (including phenoxy) is 3. The van der Waals surface area contributed by atoms with Crippen molar-refractivity contribution in [3.05, 3.63) is 29.3 Å². The first kappa shape index (κ1) is 15.1. The first-order chi connectivity index (χ1) is 8.97. The first-order valence-electron chi connectivity index (χ1n) is 5.49. The van der Waals surface area contributed by atoms with Crippen molar-refractivity contribution in [2.45, 2.75) is 19.6 Å². The highest BCUT2D eigenvalue weighted by molar-refractivity contribution is 6.30. The third kappa shape index (κ3) is 6.52. The number of amides is 1. The maximum atomic E-state index is 10.7. The predicted molar refractivity (Wildman–Crippen MR) is 67.8 cm³/mol. The molecule has 1 amide bonds. The normalized spacial score (nSPS) is 11.5. The lowest BCUT2D eigenvalue weighted by Gasteiger charge is -2.18. The summed E-state index contributed by atoms with van der Waals surface area (Å²) in [4.78, 5) is 21.4. The van der Waals surface area contributed by atoms with Crippen molar-refractivity contribution in [2.75, 3.05) is 6.61 Å². The molecule has 1 aromatic carbocycles.